The van der Waals surface area contributed by atoms with Crippen LogP contribution in [-0.4, -0.2) is 41.5 Å². The summed E-state index contributed by atoms with van der Waals surface area (Å²) in [6, 6.07) is 10.0. The molecule has 0 bridgehead atoms. The second-order valence-electron chi connectivity index (χ2n) is 4.89. The highest BCUT2D eigenvalue weighted by atomic mass is 16.6. The highest BCUT2D eigenvalue weighted by Crippen LogP contribution is 2.36. The molecule has 2 aliphatic heterocycles. The first kappa shape index (κ1) is 11.1. The Balaban J connectivity index is 1.85. The van der Waals surface area contributed by atoms with Gasteiger partial charge in [-0.1, -0.05) is 35.5 Å². The minimum absolute atomic E-state index is 0.264. The Labute approximate surface area is 105 Å². The van der Waals surface area contributed by atoms with Gasteiger partial charge in [-0.3, -0.25) is 0 Å². The summed E-state index contributed by atoms with van der Waals surface area (Å²) in [4.78, 5) is 17.6. The van der Waals surface area contributed by atoms with Gasteiger partial charge in [-0.25, -0.2) is 4.79 Å². The third-order valence-corrected chi connectivity index (χ3v) is 3.62. The van der Waals surface area contributed by atoms with E-state index in [1.807, 2.05) is 30.3 Å². The molecule has 1 amide bonds. The van der Waals surface area contributed by atoms with E-state index in [9.17, 15) is 4.79 Å². The smallest absolute Gasteiger partial charge is 0.407 e. The molecule has 1 aromatic rings. The number of amides is 1. The number of hydrogen-bond donors (Lipinski definition) is 1. The van der Waals surface area contributed by atoms with E-state index >= 15 is 0 Å². The van der Waals surface area contributed by atoms with Crippen molar-refractivity contribution >= 4 is 11.8 Å². The fourth-order valence-corrected chi connectivity index (χ4v) is 2.68. The summed E-state index contributed by atoms with van der Waals surface area (Å²) in [5.74, 6) is 0. The van der Waals surface area contributed by atoms with Crippen LogP contribution in [0.3, 0.4) is 0 Å². The molecule has 1 atom stereocenters. The molecule has 2 heterocycles. The molecule has 1 saturated heterocycles. The van der Waals surface area contributed by atoms with Crippen molar-refractivity contribution in [1.29, 1.82) is 0 Å². The molecule has 2 aliphatic rings. The maximum absolute atomic E-state index is 11.1. The third-order valence-electron chi connectivity index (χ3n) is 3.62. The minimum Gasteiger partial charge on any atom is -0.465 e. The second kappa shape index (κ2) is 4.01. The van der Waals surface area contributed by atoms with Gasteiger partial charge in [0.05, 0.1) is 17.7 Å². The lowest BCUT2D eigenvalue weighted by molar-refractivity contribution is 0.0976. The Morgan fingerprint density at radius 1 is 1.44 bits per heavy atom. The van der Waals surface area contributed by atoms with E-state index in [0.29, 0.717) is 19.7 Å². The van der Waals surface area contributed by atoms with E-state index in [4.69, 9.17) is 9.94 Å². The van der Waals surface area contributed by atoms with Gasteiger partial charge >= 0.3 is 6.09 Å². The monoisotopic (exact) mass is 246 g/mol. The maximum Gasteiger partial charge on any atom is 0.407 e. The van der Waals surface area contributed by atoms with Gasteiger partial charge in [0.1, 0.15) is 6.61 Å². The number of carboxylic acid groups (broad SMARTS) is 1. The molecule has 3 rings (SSSR count). The summed E-state index contributed by atoms with van der Waals surface area (Å²) in [7, 11) is 0. The van der Waals surface area contributed by atoms with Gasteiger partial charge in [0.15, 0.2) is 0 Å². The van der Waals surface area contributed by atoms with E-state index in [1.165, 1.54) is 10.5 Å². The molecule has 0 aliphatic carbocycles. The van der Waals surface area contributed by atoms with E-state index in [-0.39, 0.29) is 5.41 Å². The van der Waals surface area contributed by atoms with E-state index in [0.717, 1.165) is 12.1 Å². The van der Waals surface area contributed by atoms with Crippen LogP contribution in [0, 0.1) is 5.41 Å². The van der Waals surface area contributed by atoms with Crippen molar-refractivity contribution in [2.75, 3.05) is 19.7 Å². The number of hydrogen-bond acceptors (Lipinski definition) is 3. The zero-order valence-electron chi connectivity index (χ0n) is 9.87. The maximum atomic E-state index is 11.1. The predicted molar refractivity (Wildman–Crippen MR) is 65.6 cm³/mol. The van der Waals surface area contributed by atoms with Gasteiger partial charge in [-0.2, -0.15) is 0 Å². The fourth-order valence-electron chi connectivity index (χ4n) is 2.68. The van der Waals surface area contributed by atoms with Crippen LogP contribution in [-0.2, 0) is 11.3 Å². The van der Waals surface area contributed by atoms with E-state index in [1.54, 1.807) is 0 Å². The van der Waals surface area contributed by atoms with Crippen LogP contribution in [0.4, 0.5) is 4.79 Å². The Morgan fingerprint density at radius 2 is 2.22 bits per heavy atom. The van der Waals surface area contributed by atoms with E-state index < -0.39 is 6.09 Å². The zero-order valence-corrected chi connectivity index (χ0v) is 9.87. The van der Waals surface area contributed by atoms with Crippen LogP contribution in [0.1, 0.15) is 5.56 Å². The molecule has 0 radical (unpaired) electrons. The highest BCUT2D eigenvalue weighted by molar-refractivity contribution is 5.97. The van der Waals surface area contributed by atoms with Gasteiger partial charge in [-0.15, -0.1) is 0 Å². The van der Waals surface area contributed by atoms with E-state index in [2.05, 4.69) is 5.16 Å². The normalized spacial score (nSPS) is 25.6. The average molecular weight is 246 g/mol. The van der Waals surface area contributed by atoms with Crippen LogP contribution in [0.5, 0.6) is 0 Å². The Kier molecular flexibility index (Phi) is 2.47. The standard InChI is InChI=1S/C13H14N2O3/c16-12(17)15-7-11-13(8-15,9-18-14-11)6-10-4-2-1-3-5-10/h1-5H,6-9H2,(H,16,17)/t13-/m0/s1. The summed E-state index contributed by atoms with van der Waals surface area (Å²) in [5.41, 5.74) is 1.77. The summed E-state index contributed by atoms with van der Waals surface area (Å²) in [6.45, 7) is 1.30. The van der Waals surface area contributed by atoms with Crippen molar-refractivity contribution in [3.8, 4) is 0 Å². The summed E-state index contributed by atoms with van der Waals surface area (Å²) < 4.78 is 0. The van der Waals surface area contributed by atoms with Crippen LogP contribution in [0.15, 0.2) is 35.5 Å². The van der Waals surface area contributed by atoms with Gasteiger partial charge < -0.3 is 14.8 Å². The predicted octanol–water partition coefficient (Wildman–Crippen LogP) is 1.60. The minimum atomic E-state index is -0.889. The summed E-state index contributed by atoms with van der Waals surface area (Å²) in [6.07, 6.45) is -0.115. The van der Waals surface area contributed by atoms with Gasteiger partial charge in [0, 0.05) is 6.54 Å². The van der Waals surface area contributed by atoms with Crippen molar-refractivity contribution in [2.45, 2.75) is 6.42 Å². The molecule has 5 nitrogen and oxygen atoms in total. The molecule has 0 spiro atoms. The topological polar surface area (TPSA) is 62.1 Å². The zero-order chi connectivity index (χ0) is 12.6. The molecule has 94 valence electrons. The molecule has 0 saturated carbocycles. The first-order valence-electron chi connectivity index (χ1n) is 5.91. The number of nitrogens with zero attached hydrogens (tertiary/aromatic N) is 2. The molecule has 1 N–H and O–H groups in total. The number of benzene rings is 1. The first-order chi connectivity index (χ1) is 8.70. The highest BCUT2D eigenvalue weighted by Gasteiger charge is 2.49. The van der Waals surface area contributed by atoms with Crippen molar-refractivity contribution in [1.82, 2.24) is 4.90 Å². The molecule has 1 fully saturated rings. The Hall–Kier alpha value is -2.04. The molecule has 0 unspecified atom stereocenters. The lowest BCUT2D eigenvalue weighted by Gasteiger charge is -2.23. The molecular weight excluding hydrogens is 232 g/mol. The third kappa shape index (κ3) is 1.72. The van der Waals surface area contributed by atoms with Crippen LogP contribution >= 0.6 is 0 Å². The lowest BCUT2D eigenvalue weighted by Crippen LogP contribution is -2.35. The van der Waals surface area contributed by atoms with Gasteiger partial charge in [0.25, 0.3) is 0 Å². The summed E-state index contributed by atoms with van der Waals surface area (Å²) >= 11 is 0. The van der Waals surface area contributed by atoms with Gasteiger partial charge in [-0.05, 0) is 12.0 Å². The number of carbonyl (C=O) groups is 1. The molecular formula is C13H14N2O3. The SMILES string of the molecule is O=C(O)N1CC2=NOC[C@]2(Cc2ccccc2)C1. The quantitative estimate of drug-likeness (QED) is 0.862. The molecule has 1 aromatic carbocycles. The molecule has 18 heavy (non-hydrogen) atoms. The lowest BCUT2D eigenvalue weighted by atomic mass is 9.80. The van der Waals surface area contributed by atoms with Crippen LogP contribution in [0.2, 0.25) is 0 Å². The molecule has 5 heteroatoms. The second-order valence-corrected chi connectivity index (χ2v) is 4.89. The van der Waals surface area contributed by atoms with Crippen LogP contribution < -0.4 is 0 Å². The number of rotatable bonds is 2. The van der Waals surface area contributed by atoms with Crippen molar-refractivity contribution in [3.05, 3.63) is 35.9 Å². The first-order valence-corrected chi connectivity index (χ1v) is 5.91. The number of likely N-dealkylation sites (tertiary alicyclic amines) is 1. The van der Waals surface area contributed by atoms with Crippen molar-refractivity contribution in [2.24, 2.45) is 10.6 Å². The van der Waals surface area contributed by atoms with Crippen LogP contribution in [0.25, 0.3) is 0 Å². The van der Waals surface area contributed by atoms with Gasteiger partial charge in [0.2, 0.25) is 0 Å². The van der Waals surface area contributed by atoms with Crippen molar-refractivity contribution < 1.29 is 14.7 Å². The summed E-state index contributed by atoms with van der Waals surface area (Å²) in [5, 5.41) is 13.1. The molecule has 0 aromatic heterocycles. The average Bonchev–Trinajstić information content (AvgIpc) is 2.86. The van der Waals surface area contributed by atoms with Crippen molar-refractivity contribution in [3.63, 3.8) is 0 Å². The number of fused-ring (bicyclic) bond motifs is 1. The Morgan fingerprint density at radius 3 is 2.94 bits per heavy atom. The number of oxime groups is 1. The largest absolute Gasteiger partial charge is 0.465 e. The fraction of sp³-hybridized carbons (Fsp3) is 0.385. The Bertz CT molecular complexity index is 500.